The van der Waals surface area contributed by atoms with Crippen LogP contribution in [0, 0.1) is 0 Å². The van der Waals surface area contributed by atoms with E-state index in [9.17, 15) is 9.59 Å². The lowest BCUT2D eigenvalue weighted by atomic mass is 9.93. The van der Waals surface area contributed by atoms with Crippen molar-refractivity contribution in [3.63, 3.8) is 0 Å². The summed E-state index contributed by atoms with van der Waals surface area (Å²) in [4.78, 5) is 33.1. The molecule has 0 saturated heterocycles. The first-order valence-corrected chi connectivity index (χ1v) is 15.2. The van der Waals surface area contributed by atoms with E-state index in [0.29, 0.717) is 59.2 Å². The Bertz CT molecular complexity index is 2150. The minimum atomic E-state index is -0.850. The van der Waals surface area contributed by atoms with Crippen LogP contribution >= 0.6 is 34.5 Å². The first-order valence-electron chi connectivity index (χ1n) is 13.6. The van der Waals surface area contributed by atoms with E-state index in [1.807, 2.05) is 36.4 Å². The number of rotatable bonds is 6. The Hall–Kier alpha value is -4.57. The highest BCUT2D eigenvalue weighted by Gasteiger charge is 2.36. The van der Waals surface area contributed by atoms with Gasteiger partial charge in [-0.05, 0) is 55.0 Å². The topological polar surface area (TPSA) is 92.3 Å². The highest BCUT2D eigenvalue weighted by Crippen LogP contribution is 2.40. The van der Waals surface area contributed by atoms with Gasteiger partial charge in [0, 0.05) is 22.2 Å². The number of hydrogen-bond donors (Lipinski definition) is 0. The first-order chi connectivity index (χ1) is 21.4. The number of esters is 1. The van der Waals surface area contributed by atoms with Gasteiger partial charge >= 0.3 is 5.97 Å². The summed E-state index contributed by atoms with van der Waals surface area (Å²) in [5, 5.41) is 0.960. The zero-order valence-electron chi connectivity index (χ0n) is 23.1. The number of carbonyl (C=O) groups excluding carboxylic acids is 1. The van der Waals surface area contributed by atoms with Crippen molar-refractivity contribution < 1.29 is 23.4 Å². The number of furan rings is 1. The number of nitrogens with zero attached hydrogens (tertiary/aromatic N) is 2. The molecule has 11 heteroatoms. The molecule has 2 aliphatic heterocycles. The summed E-state index contributed by atoms with van der Waals surface area (Å²) in [7, 11) is 0. The van der Waals surface area contributed by atoms with Gasteiger partial charge in [0.15, 0.2) is 16.3 Å². The van der Waals surface area contributed by atoms with E-state index in [0.717, 1.165) is 5.56 Å². The number of ether oxygens (including phenoxy) is 3. The van der Waals surface area contributed by atoms with Crippen molar-refractivity contribution in [2.45, 2.75) is 13.0 Å². The van der Waals surface area contributed by atoms with Crippen molar-refractivity contribution in [2.75, 3.05) is 13.4 Å². The predicted molar refractivity (Wildman–Crippen MR) is 168 cm³/mol. The smallest absolute Gasteiger partial charge is 0.338 e. The second-order valence-corrected chi connectivity index (χ2v) is 11.7. The SMILES string of the molecule is CCOC(=O)C1=C(c2ccccc2)N=c2s/c(=C/c3ccc(-c4ccc(Cl)cc4Cl)o3)c(=O)n2C1c1ccc2c(c1)OCO2. The molecule has 0 N–H and O–H groups in total. The van der Waals surface area contributed by atoms with Gasteiger partial charge in [-0.25, -0.2) is 9.79 Å². The number of hydrogen-bond acceptors (Lipinski definition) is 8. The summed E-state index contributed by atoms with van der Waals surface area (Å²) in [6, 6.07) is 22.6. The molecule has 2 aliphatic rings. The van der Waals surface area contributed by atoms with Crippen molar-refractivity contribution in [1.82, 2.24) is 4.57 Å². The van der Waals surface area contributed by atoms with Gasteiger partial charge in [-0.1, -0.05) is 70.9 Å². The zero-order valence-corrected chi connectivity index (χ0v) is 25.4. The molecule has 3 aromatic carbocycles. The second kappa shape index (κ2) is 11.5. The minimum Gasteiger partial charge on any atom is -0.463 e. The van der Waals surface area contributed by atoms with Crippen LogP contribution in [0.25, 0.3) is 23.1 Å². The number of halogens is 2. The Kier molecular flexibility index (Phi) is 7.37. The third kappa shape index (κ3) is 5.02. The summed E-state index contributed by atoms with van der Waals surface area (Å²) < 4.78 is 24.6. The maximum Gasteiger partial charge on any atom is 0.338 e. The predicted octanol–water partition coefficient (Wildman–Crippen LogP) is 6.23. The Morgan fingerprint density at radius 1 is 1.05 bits per heavy atom. The number of fused-ring (bicyclic) bond motifs is 2. The molecule has 2 aromatic heterocycles. The van der Waals surface area contributed by atoms with E-state index >= 15 is 0 Å². The van der Waals surface area contributed by atoms with Gasteiger partial charge in [0.25, 0.3) is 5.56 Å². The molecule has 0 spiro atoms. The van der Waals surface area contributed by atoms with Gasteiger partial charge in [0.05, 0.1) is 33.5 Å². The molecule has 8 nitrogen and oxygen atoms in total. The largest absolute Gasteiger partial charge is 0.463 e. The molecule has 4 heterocycles. The normalized spacial score (nSPS) is 15.7. The molecule has 0 saturated carbocycles. The molecule has 0 amide bonds. The molecule has 44 heavy (non-hydrogen) atoms. The monoisotopic (exact) mass is 644 g/mol. The third-order valence-electron chi connectivity index (χ3n) is 7.18. The lowest BCUT2D eigenvalue weighted by Gasteiger charge is -2.26. The van der Waals surface area contributed by atoms with Crippen LogP contribution in [0.2, 0.25) is 10.0 Å². The van der Waals surface area contributed by atoms with Crippen molar-refractivity contribution >= 4 is 52.3 Å². The first kappa shape index (κ1) is 28.2. The molecule has 0 bridgehead atoms. The maximum absolute atomic E-state index is 14.1. The number of aromatic nitrogens is 1. The van der Waals surface area contributed by atoms with E-state index in [1.165, 1.54) is 15.9 Å². The van der Waals surface area contributed by atoms with Gasteiger partial charge in [-0.15, -0.1) is 0 Å². The third-order valence-corrected chi connectivity index (χ3v) is 8.71. The van der Waals surface area contributed by atoms with E-state index < -0.39 is 12.0 Å². The number of carbonyl (C=O) groups is 1. The van der Waals surface area contributed by atoms with Gasteiger partial charge in [0.2, 0.25) is 6.79 Å². The summed E-state index contributed by atoms with van der Waals surface area (Å²) in [6.45, 7) is 1.98. The van der Waals surface area contributed by atoms with Crippen molar-refractivity contribution in [3.05, 3.63) is 131 Å². The Morgan fingerprint density at radius 2 is 1.86 bits per heavy atom. The molecule has 1 unspecified atom stereocenters. The van der Waals surface area contributed by atoms with Crippen molar-refractivity contribution in [1.29, 1.82) is 0 Å². The standard InChI is InChI=1S/C33H22Cl2N2O6S/c1-2-40-32(39)28-29(18-6-4-3-5-7-18)36-33-37(30(28)19-8-12-25-26(14-19)42-17-41-25)31(38)27(44-33)16-21-10-13-24(43-21)22-11-9-20(34)15-23(22)35/h3-16,30H,2,17H2,1H3/b27-16+. The Morgan fingerprint density at radius 3 is 2.66 bits per heavy atom. The van der Waals surface area contributed by atoms with Crippen LogP contribution in [0.15, 0.2) is 98.6 Å². The fourth-order valence-electron chi connectivity index (χ4n) is 5.23. The summed E-state index contributed by atoms with van der Waals surface area (Å²) in [5.41, 5.74) is 2.37. The van der Waals surface area contributed by atoms with Gasteiger partial charge in [-0.3, -0.25) is 9.36 Å². The Balaban J connectivity index is 1.43. The van der Waals surface area contributed by atoms with E-state index in [1.54, 1.807) is 55.5 Å². The summed E-state index contributed by atoms with van der Waals surface area (Å²) >= 11 is 13.6. The average molecular weight is 646 g/mol. The van der Waals surface area contributed by atoms with Crippen LogP contribution in [-0.2, 0) is 9.53 Å². The van der Waals surface area contributed by atoms with Gasteiger partial charge < -0.3 is 18.6 Å². The highest BCUT2D eigenvalue weighted by atomic mass is 35.5. The summed E-state index contributed by atoms with van der Waals surface area (Å²) in [5.74, 6) is 1.52. The van der Waals surface area contributed by atoms with Crippen LogP contribution < -0.4 is 24.4 Å². The fraction of sp³-hybridized carbons (Fsp3) is 0.121. The van der Waals surface area contributed by atoms with Gasteiger partial charge in [0.1, 0.15) is 11.5 Å². The number of benzene rings is 3. The van der Waals surface area contributed by atoms with Crippen LogP contribution in [-0.4, -0.2) is 23.9 Å². The highest BCUT2D eigenvalue weighted by molar-refractivity contribution is 7.07. The minimum absolute atomic E-state index is 0.0871. The van der Waals surface area contributed by atoms with E-state index in [4.69, 9.17) is 46.8 Å². The summed E-state index contributed by atoms with van der Waals surface area (Å²) in [6.07, 6.45) is 1.66. The second-order valence-electron chi connectivity index (χ2n) is 9.87. The quantitative estimate of drug-likeness (QED) is 0.204. The molecule has 7 rings (SSSR count). The van der Waals surface area contributed by atoms with E-state index in [2.05, 4.69) is 0 Å². The molecule has 220 valence electrons. The molecule has 5 aromatic rings. The maximum atomic E-state index is 14.1. The van der Waals surface area contributed by atoms with Gasteiger partial charge in [-0.2, -0.15) is 0 Å². The lowest BCUT2D eigenvalue weighted by Crippen LogP contribution is -2.40. The Labute approximate surface area is 264 Å². The van der Waals surface area contributed by atoms with E-state index in [-0.39, 0.29) is 24.5 Å². The molecule has 0 radical (unpaired) electrons. The van der Waals surface area contributed by atoms with Crippen LogP contribution in [0.5, 0.6) is 11.5 Å². The van der Waals surface area contributed by atoms with Crippen molar-refractivity contribution in [2.24, 2.45) is 4.99 Å². The fourth-order valence-corrected chi connectivity index (χ4v) is 6.72. The van der Waals surface area contributed by atoms with Crippen LogP contribution in [0.3, 0.4) is 0 Å². The van der Waals surface area contributed by atoms with Crippen molar-refractivity contribution in [3.8, 4) is 22.8 Å². The number of thiazole rings is 1. The molecule has 0 aliphatic carbocycles. The average Bonchev–Trinajstić information content (AvgIpc) is 3.76. The molecule has 0 fully saturated rings. The molecular weight excluding hydrogens is 623 g/mol. The molecule has 1 atom stereocenters. The zero-order chi connectivity index (χ0) is 30.4. The molecular formula is C33H22Cl2N2O6S. The van der Waals surface area contributed by atoms with Crippen LogP contribution in [0.1, 0.15) is 29.9 Å². The van der Waals surface area contributed by atoms with Crippen LogP contribution in [0.4, 0.5) is 0 Å². The lowest BCUT2D eigenvalue weighted by molar-refractivity contribution is -0.138.